The second-order valence-electron chi connectivity index (χ2n) is 8.59. The van der Waals surface area contributed by atoms with E-state index in [4.69, 9.17) is 23.7 Å². The van der Waals surface area contributed by atoms with Gasteiger partial charge in [-0.15, -0.1) is 0 Å². The van der Waals surface area contributed by atoms with Gasteiger partial charge in [0.25, 0.3) is 0 Å². The smallest absolute Gasteiger partial charge is 0.227 e. The van der Waals surface area contributed by atoms with Gasteiger partial charge < -0.3 is 28.6 Å². The SMILES string of the molecule is C=CCOc1cc(OCC=C)c(C(=O)c2ccc(OCC)cc2)c(CC(=O)N(CCOC)CCOC)c1CC. The zero-order valence-electron chi connectivity index (χ0n) is 23.6. The minimum absolute atomic E-state index is 0.0234. The van der Waals surface area contributed by atoms with Gasteiger partial charge in [-0.2, -0.15) is 0 Å². The Morgan fingerprint density at radius 2 is 1.44 bits per heavy atom. The summed E-state index contributed by atoms with van der Waals surface area (Å²) >= 11 is 0. The standard InChI is InChI=1S/C31H41NO7/c1-7-17-38-27-22-28(39-18-8-2)30(31(34)23-11-13-24(14-12-23)37-10-4)26(25(27)9-3)21-29(33)32(15-19-35-5)16-20-36-6/h7-8,11-14,22H,1-2,9-10,15-21H2,3-6H3. The quantitative estimate of drug-likeness (QED) is 0.189. The number of ether oxygens (including phenoxy) is 5. The summed E-state index contributed by atoms with van der Waals surface area (Å²) in [6.45, 7) is 13.9. The number of carbonyl (C=O) groups excluding carboxylic acids is 2. The third-order valence-electron chi connectivity index (χ3n) is 6.00. The average molecular weight is 540 g/mol. The van der Waals surface area contributed by atoms with Crippen LogP contribution in [0.4, 0.5) is 0 Å². The predicted molar refractivity (Wildman–Crippen MR) is 152 cm³/mol. The molecule has 2 aromatic carbocycles. The van der Waals surface area contributed by atoms with Gasteiger partial charge in [0.15, 0.2) is 5.78 Å². The number of rotatable bonds is 19. The lowest BCUT2D eigenvalue weighted by molar-refractivity contribution is -0.131. The van der Waals surface area contributed by atoms with Crippen LogP contribution in [0.2, 0.25) is 0 Å². The molecule has 2 rings (SSSR count). The van der Waals surface area contributed by atoms with E-state index in [0.717, 1.165) is 5.56 Å². The highest BCUT2D eigenvalue weighted by atomic mass is 16.5. The molecule has 0 heterocycles. The number of benzene rings is 2. The first kappa shape index (κ1) is 31.6. The van der Waals surface area contributed by atoms with Gasteiger partial charge in [-0.25, -0.2) is 0 Å². The number of carbonyl (C=O) groups is 2. The Morgan fingerprint density at radius 1 is 0.846 bits per heavy atom. The Morgan fingerprint density at radius 3 is 1.95 bits per heavy atom. The van der Waals surface area contributed by atoms with Crippen LogP contribution in [-0.4, -0.2) is 76.9 Å². The molecule has 8 heteroatoms. The van der Waals surface area contributed by atoms with Gasteiger partial charge in [0.05, 0.1) is 31.8 Å². The second-order valence-corrected chi connectivity index (χ2v) is 8.59. The fourth-order valence-corrected chi connectivity index (χ4v) is 4.14. The molecule has 0 saturated carbocycles. The summed E-state index contributed by atoms with van der Waals surface area (Å²) in [5.74, 6) is 1.12. The average Bonchev–Trinajstić information content (AvgIpc) is 2.95. The first-order valence-electron chi connectivity index (χ1n) is 13.1. The van der Waals surface area contributed by atoms with Crippen molar-refractivity contribution in [2.24, 2.45) is 0 Å². The lowest BCUT2D eigenvalue weighted by Crippen LogP contribution is -2.38. The zero-order chi connectivity index (χ0) is 28.6. The molecular formula is C31H41NO7. The van der Waals surface area contributed by atoms with E-state index in [9.17, 15) is 9.59 Å². The molecule has 0 unspecified atom stereocenters. The minimum Gasteiger partial charge on any atom is -0.494 e. The Labute approximate surface area is 232 Å². The van der Waals surface area contributed by atoms with Gasteiger partial charge in [0.2, 0.25) is 5.91 Å². The summed E-state index contributed by atoms with van der Waals surface area (Å²) in [5.41, 5.74) is 2.12. The van der Waals surface area contributed by atoms with Crippen LogP contribution in [0.15, 0.2) is 55.6 Å². The molecule has 0 radical (unpaired) electrons. The van der Waals surface area contributed by atoms with Gasteiger partial charge in [0, 0.05) is 38.9 Å². The van der Waals surface area contributed by atoms with Crippen LogP contribution in [0, 0.1) is 0 Å². The van der Waals surface area contributed by atoms with Crippen molar-refractivity contribution in [2.75, 3.05) is 60.3 Å². The summed E-state index contributed by atoms with van der Waals surface area (Å²) in [5, 5.41) is 0. The Balaban J connectivity index is 2.70. The highest BCUT2D eigenvalue weighted by Gasteiger charge is 2.28. The van der Waals surface area contributed by atoms with Gasteiger partial charge in [0.1, 0.15) is 30.5 Å². The molecule has 0 aliphatic carbocycles. The maximum atomic E-state index is 14.0. The molecule has 0 atom stereocenters. The van der Waals surface area contributed by atoms with E-state index in [2.05, 4.69) is 13.2 Å². The van der Waals surface area contributed by atoms with Crippen molar-refractivity contribution in [2.45, 2.75) is 26.7 Å². The third-order valence-corrected chi connectivity index (χ3v) is 6.00. The predicted octanol–water partition coefficient (Wildman–Crippen LogP) is 4.67. The van der Waals surface area contributed by atoms with Gasteiger partial charge in [-0.3, -0.25) is 9.59 Å². The fraction of sp³-hybridized carbons (Fsp3) is 0.419. The maximum Gasteiger partial charge on any atom is 0.227 e. The maximum absolute atomic E-state index is 14.0. The molecule has 39 heavy (non-hydrogen) atoms. The molecule has 1 amide bonds. The summed E-state index contributed by atoms with van der Waals surface area (Å²) in [6, 6.07) is 8.66. The van der Waals surface area contributed by atoms with Gasteiger partial charge >= 0.3 is 0 Å². The van der Waals surface area contributed by atoms with Gasteiger partial charge in [-0.1, -0.05) is 32.2 Å². The number of nitrogens with zero attached hydrogens (tertiary/aromatic N) is 1. The first-order chi connectivity index (χ1) is 18.9. The van der Waals surface area contributed by atoms with Crippen LogP contribution >= 0.6 is 0 Å². The summed E-state index contributed by atoms with van der Waals surface area (Å²) < 4.78 is 27.9. The summed E-state index contributed by atoms with van der Waals surface area (Å²) in [4.78, 5) is 29.4. The molecule has 0 aliphatic rings. The van der Waals surface area contributed by atoms with E-state index in [-0.39, 0.29) is 31.3 Å². The molecule has 0 N–H and O–H groups in total. The molecule has 2 aromatic rings. The van der Waals surface area contributed by atoms with Crippen molar-refractivity contribution in [3.05, 3.63) is 77.9 Å². The molecule has 0 spiro atoms. The molecule has 212 valence electrons. The summed E-state index contributed by atoms with van der Waals surface area (Å²) in [6.07, 6.45) is 3.76. The van der Waals surface area contributed by atoms with Crippen LogP contribution in [0.25, 0.3) is 0 Å². The van der Waals surface area contributed by atoms with Crippen LogP contribution < -0.4 is 14.2 Å². The van der Waals surface area contributed by atoms with Crippen molar-refractivity contribution >= 4 is 11.7 Å². The van der Waals surface area contributed by atoms with Crippen molar-refractivity contribution in [3.8, 4) is 17.2 Å². The van der Waals surface area contributed by atoms with Gasteiger partial charge in [-0.05, 0) is 48.7 Å². The highest BCUT2D eigenvalue weighted by molar-refractivity contribution is 6.12. The van der Waals surface area contributed by atoms with Crippen molar-refractivity contribution in [3.63, 3.8) is 0 Å². The van der Waals surface area contributed by atoms with Crippen molar-refractivity contribution in [1.82, 2.24) is 4.90 Å². The lowest BCUT2D eigenvalue weighted by Gasteiger charge is -2.25. The lowest BCUT2D eigenvalue weighted by atomic mass is 9.89. The third kappa shape index (κ3) is 8.97. The number of methoxy groups -OCH3 is 2. The van der Waals surface area contributed by atoms with Crippen molar-refractivity contribution in [1.29, 1.82) is 0 Å². The zero-order valence-corrected chi connectivity index (χ0v) is 23.6. The van der Waals surface area contributed by atoms with Crippen molar-refractivity contribution < 1.29 is 33.3 Å². The Kier molecular flexibility index (Phi) is 13.8. The molecule has 0 fully saturated rings. The highest BCUT2D eigenvalue weighted by Crippen LogP contribution is 2.37. The normalized spacial score (nSPS) is 10.6. The molecule has 8 nitrogen and oxygen atoms in total. The van der Waals surface area contributed by atoms with E-state index in [1.807, 2.05) is 13.8 Å². The van der Waals surface area contributed by atoms with Crippen LogP contribution in [0.3, 0.4) is 0 Å². The van der Waals surface area contributed by atoms with Crippen LogP contribution in [0.5, 0.6) is 17.2 Å². The largest absolute Gasteiger partial charge is 0.494 e. The molecule has 0 saturated heterocycles. The second kappa shape index (κ2) is 17.1. The Hall–Kier alpha value is -3.62. The first-order valence-corrected chi connectivity index (χ1v) is 13.1. The minimum atomic E-state index is -0.259. The van der Waals surface area contributed by atoms with E-state index in [1.165, 1.54) is 0 Å². The molecule has 0 aliphatic heterocycles. The number of amides is 1. The van der Waals surface area contributed by atoms with E-state index < -0.39 is 0 Å². The number of hydrogen-bond donors (Lipinski definition) is 0. The number of ketones is 1. The number of hydrogen-bond acceptors (Lipinski definition) is 7. The van der Waals surface area contributed by atoms with E-state index in [0.29, 0.717) is 73.3 Å². The molecular weight excluding hydrogens is 498 g/mol. The van der Waals surface area contributed by atoms with Crippen LogP contribution in [-0.2, 0) is 27.1 Å². The molecule has 0 bridgehead atoms. The van der Waals surface area contributed by atoms with E-state index >= 15 is 0 Å². The van der Waals surface area contributed by atoms with Crippen LogP contribution in [0.1, 0.15) is 40.9 Å². The Bertz CT molecular complexity index is 1090. The molecule has 0 aromatic heterocycles. The summed E-state index contributed by atoms with van der Waals surface area (Å²) in [7, 11) is 3.18. The fourth-order valence-electron chi connectivity index (χ4n) is 4.14. The topological polar surface area (TPSA) is 83.5 Å². The van der Waals surface area contributed by atoms with E-state index in [1.54, 1.807) is 61.6 Å². The monoisotopic (exact) mass is 539 g/mol.